The third kappa shape index (κ3) is 0.949. The molecule has 0 saturated carbocycles. The zero-order valence-corrected chi connectivity index (χ0v) is 5.46. The lowest BCUT2D eigenvalue weighted by Crippen LogP contribution is -1.76. The van der Waals surface area contributed by atoms with Gasteiger partial charge in [-0.2, -0.15) is 0 Å². The van der Waals surface area contributed by atoms with E-state index in [4.69, 9.17) is 5.11 Å². The second-order valence-corrected chi connectivity index (χ2v) is 1.95. The maximum Gasteiger partial charge on any atom is 0.167 e. The zero-order chi connectivity index (χ0) is 5.98. The van der Waals surface area contributed by atoms with Gasteiger partial charge < -0.3 is 5.11 Å². The normalized spacial score (nSPS) is 9.12. The molecule has 0 aromatic carbocycles. The highest BCUT2D eigenvalue weighted by Crippen LogP contribution is 2.16. The summed E-state index contributed by atoms with van der Waals surface area (Å²) in [5.74, 6) is 0.0625. The third-order valence-electron chi connectivity index (χ3n) is 0.646. The van der Waals surface area contributed by atoms with Crippen molar-refractivity contribution < 1.29 is 5.11 Å². The molecule has 0 atom stereocenters. The van der Waals surface area contributed by atoms with Crippen LogP contribution in [0.3, 0.4) is 0 Å². The second-order valence-electron chi connectivity index (χ2n) is 1.20. The van der Waals surface area contributed by atoms with Crippen LogP contribution in [0.4, 0.5) is 0 Å². The zero-order valence-electron chi connectivity index (χ0n) is 3.87. The fourth-order valence-electron chi connectivity index (χ4n) is 0.307. The van der Waals surface area contributed by atoms with Gasteiger partial charge in [0.25, 0.3) is 0 Å². The third-order valence-corrected chi connectivity index (χ3v) is 1.26. The highest BCUT2D eigenvalue weighted by Gasteiger charge is 1.92. The Hall–Kier alpha value is -0.640. The van der Waals surface area contributed by atoms with E-state index in [9.17, 15) is 0 Å². The van der Waals surface area contributed by atoms with Gasteiger partial charge in [-0.3, -0.25) is 0 Å². The van der Waals surface area contributed by atoms with Crippen LogP contribution in [0.15, 0.2) is 17.1 Å². The monoisotopic (exact) mass is 174 g/mol. The Bertz CT molecular complexity index is 170. The molecule has 0 spiro atoms. The average molecular weight is 175 g/mol. The first-order chi connectivity index (χ1) is 3.80. The molecule has 42 valence electrons. The van der Waals surface area contributed by atoms with Gasteiger partial charge in [-0.05, 0) is 15.9 Å². The summed E-state index contributed by atoms with van der Waals surface area (Å²) in [5.41, 5.74) is 0. The molecule has 0 aliphatic heterocycles. The van der Waals surface area contributed by atoms with Crippen molar-refractivity contribution in [1.29, 1.82) is 0 Å². The van der Waals surface area contributed by atoms with Crippen LogP contribution in [0, 0.1) is 0 Å². The summed E-state index contributed by atoms with van der Waals surface area (Å²) in [6.07, 6.45) is 2.67. The smallest absolute Gasteiger partial charge is 0.167 e. The number of aromatic hydroxyl groups is 1. The van der Waals surface area contributed by atoms with Crippen molar-refractivity contribution in [2.24, 2.45) is 0 Å². The molecule has 3 nitrogen and oxygen atoms in total. The predicted molar refractivity (Wildman–Crippen MR) is 31.4 cm³/mol. The maximum absolute atomic E-state index is 8.75. The first kappa shape index (κ1) is 5.50. The predicted octanol–water partition coefficient (Wildman–Crippen LogP) is 0.945. The van der Waals surface area contributed by atoms with Crippen LogP contribution < -0.4 is 0 Å². The van der Waals surface area contributed by atoms with Crippen LogP contribution in [-0.4, -0.2) is 15.1 Å². The van der Waals surface area contributed by atoms with E-state index >= 15 is 0 Å². The quantitative estimate of drug-likeness (QED) is 0.597. The summed E-state index contributed by atoms with van der Waals surface area (Å²) in [5, 5.41) is 8.75. The topological polar surface area (TPSA) is 46.0 Å². The van der Waals surface area contributed by atoms with E-state index < -0.39 is 0 Å². The summed E-state index contributed by atoms with van der Waals surface area (Å²) in [4.78, 5) is 7.19. The first-order valence-corrected chi connectivity index (χ1v) is 2.74. The van der Waals surface area contributed by atoms with Gasteiger partial charge in [0, 0.05) is 0 Å². The molecule has 0 aliphatic carbocycles. The van der Waals surface area contributed by atoms with Crippen molar-refractivity contribution in [3.05, 3.63) is 17.1 Å². The average Bonchev–Trinajstić information content (AvgIpc) is 1.77. The van der Waals surface area contributed by atoms with Gasteiger partial charge in [-0.25, -0.2) is 9.97 Å². The van der Waals surface area contributed by atoms with Crippen LogP contribution in [-0.2, 0) is 0 Å². The molecule has 1 heterocycles. The van der Waals surface area contributed by atoms with Gasteiger partial charge in [-0.15, -0.1) is 0 Å². The minimum atomic E-state index is 0.0625. The molecule has 0 fully saturated rings. The highest BCUT2D eigenvalue weighted by molar-refractivity contribution is 9.10. The molecule has 1 aromatic rings. The van der Waals surface area contributed by atoms with Gasteiger partial charge in [0.1, 0.15) is 6.33 Å². The summed E-state index contributed by atoms with van der Waals surface area (Å²) in [7, 11) is 0. The Morgan fingerprint density at radius 3 is 2.75 bits per heavy atom. The Kier molecular flexibility index (Phi) is 1.43. The summed E-state index contributed by atoms with van der Waals surface area (Å²) < 4.78 is 0.424. The Morgan fingerprint density at radius 2 is 2.38 bits per heavy atom. The molecule has 1 rings (SSSR count). The lowest BCUT2D eigenvalue weighted by atomic mass is 10.6. The molecule has 0 unspecified atom stereocenters. The van der Waals surface area contributed by atoms with E-state index in [1.807, 2.05) is 0 Å². The van der Waals surface area contributed by atoms with E-state index in [1.165, 1.54) is 12.5 Å². The van der Waals surface area contributed by atoms with E-state index in [2.05, 4.69) is 25.9 Å². The number of halogens is 1. The van der Waals surface area contributed by atoms with Crippen molar-refractivity contribution in [1.82, 2.24) is 9.97 Å². The highest BCUT2D eigenvalue weighted by atomic mass is 79.9. The molecule has 0 amide bonds. The minimum absolute atomic E-state index is 0.0625. The van der Waals surface area contributed by atoms with Crippen molar-refractivity contribution in [2.45, 2.75) is 0 Å². The van der Waals surface area contributed by atoms with Gasteiger partial charge in [0.2, 0.25) is 0 Å². The molecule has 4 heteroatoms. The van der Waals surface area contributed by atoms with Crippen LogP contribution in [0.25, 0.3) is 0 Å². The van der Waals surface area contributed by atoms with Crippen LogP contribution in [0.2, 0.25) is 0 Å². The Labute approximate surface area is 54.5 Å². The number of hydrogen-bond acceptors (Lipinski definition) is 3. The molecule has 1 aromatic heterocycles. The van der Waals surface area contributed by atoms with Crippen molar-refractivity contribution in [3.63, 3.8) is 0 Å². The lowest BCUT2D eigenvalue weighted by Gasteiger charge is -1.88. The molecular formula is C4H3BrN2O. The number of hydrogen-bond donors (Lipinski definition) is 1. The second kappa shape index (κ2) is 2.09. The molecule has 0 aliphatic rings. The standard InChI is InChI=1S/C4H3BrN2O/c5-4-3(8)1-6-2-7-4/h1-2,8H. The summed E-state index contributed by atoms with van der Waals surface area (Å²) in [6.45, 7) is 0. The van der Waals surface area contributed by atoms with Crippen LogP contribution in [0.5, 0.6) is 5.75 Å². The van der Waals surface area contributed by atoms with Gasteiger partial charge in [0.05, 0.1) is 6.20 Å². The largest absolute Gasteiger partial charge is 0.504 e. The fourth-order valence-corrected chi connectivity index (χ4v) is 0.501. The SMILES string of the molecule is Oc1cncnc1Br. The van der Waals surface area contributed by atoms with Crippen molar-refractivity contribution in [2.75, 3.05) is 0 Å². The van der Waals surface area contributed by atoms with E-state index in [1.54, 1.807) is 0 Å². The van der Waals surface area contributed by atoms with E-state index in [0.29, 0.717) is 4.60 Å². The lowest BCUT2D eigenvalue weighted by molar-refractivity contribution is 0.465. The van der Waals surface area contributed by atoms with Crippen molar-refractivity contribution >= 4 is 15.9 Å². The van der Waals surface area contributed by atoms with Gasteiger partial charge >= 0.3 is 0 Å². The van der Waals surface area contributed by atoms with E-state index in [0.717, 1.165) is 0 Å². The number of nitrogens with zero attached hydrogens (tertiary/aromatic N) is 2. The fraction of sp³-hybridized carbons (Fsp3) is 0. The Morgan fingerprint density at radius 1 is 1.62 bits per heavy atom. The summed E-state index contributed by atoms with van der Waals surface area (Å²) >= 11 is 2.99. The summed E-state index contributed by atoms with van der Waals surface area (Å²) in [6, 6.07) is 0. The number of aromatic nitrogens is 2. The molecule has 8 heavy (non-hydrogen) atoms. The molecule has 0 radical (unpaired) electrons. The van der Waals surface area contributed by atoms with Crippen LogP contribution >= 0.6 is 15.9 Å². The first-order valence-electron chi connectivity index (χ1n) is 1.95. The molecule has 0 bridgehead atoms. The maximum atomic E-state index is 8.75. The van der Waals surface area contributed by atoms with Gasteiger partial charge in [-0.1, -0.05) is 0 Å². The number of rotatable bonds is 0. The Balaban J connectivity index is 3.13. The molecule has 0 saturated heterocycles. The molecular weight excluding hydrogens is 172 g/mol. The van der Waals surface area contributed by atoms with Crippen LogP contribution in [0.1, 0.15) is 0 Å². The van der Waals surface area contributed by atoms with Crippen molar-refractivity contribution in [3.8, 4) is 5.75 Å². The van der Waals surface area contributed by atoms with Gasteiger partial charge in [0.15, 0.2) is 10.4 Å². The minimum Gasteiger partial charge on any atom is -0.504 e. The molecule has 1 N–H and O–H groups in total. The van der Waals surface area contributed by atoms with E-state index in [-0.39, 0.29) is 5.75 Å².